The fraction of sp³-hybridized carbons (Fsp3) is 0.727. The minimum absolute atomic E-state index is 0.327. The minimum Gasteiger partial charge on any atom is -0.444 e. The number of hydrogen-bond donors (Lipinski definition) is 1. The summed E-state index contributed by atoms with van der Waals surface area (Å²) in [6, 6.07) is 0. The summed E-state index contributed by atoms with van der Waals surface area (Å²) in [5.74, 6) is 1.16. The lowest BCUT2D eigenvalue weighted by Gasteiger charge is -2.19. The molecule has 0 spiro atoms. The first-order chi connectivity index (χ1) is 6.42. The quantitative estimate of drug-likeness (QED) is 0.705. The number of allylic oxidation sites excluding steroid dienone is 1. The molecule has 3 heteroatoms. The van der Waals surface area contributed by atoms with Gasteiger partial charge in [-0.25, -0.2) is 4.79 Å². The number of ether oxygens (including phenoxy) is 1. The molecule has 1 aliphatic rings. The molecule has 0 unspecified atom stereocenters. The number of amides is 1. The molecule has 0 saturated heterocycles. The lowest BCUT2D eigenvalue weighted by molar-refractivity contribution is 0.0525. The molecule has 0 bridgehead atoms. The van der Waals surface area contributed by atoms with Crippen molar-refractivity contribution in [2.75, 3.05) is 6.54 Å². The van der Waals surface area contributed by atoms with Crippen molar-refractivity contribution in [3.8, 4) is 0 Å². The smallest absolute Gasteiger partial charge is 0.407 e. The fourth-order valence-electron chi connectivity index (χ4n) is 1.32. The van der Waals surface area contributed by atoms with Gasteiger partial charge in [-0.2, -0.15) is 0 Å². The first-order valence-electron chi connectivity index (χ1n) is 5.02. The van der Waals surface area contributed by atoms with E-state index in [4.69, 9.17) is 4.74 Å². The average Bonchev–Trinajstić information content (AvgIpc) is 2.76. The van der Waals surface area contributed by atoms with Crippen LogP contribution in [-0.4, -0.2) is 18.2 Å². The summed E-state index contributed by atoms with van der Waals surface area (Å²) in [6.45, 7) is 9.99. The van der Waals surface area contributed by atoms with Crippen molar-refractivity contribution >= 4 is 6.09 Å². The SMILES string of the molecule is C=C[C@@H]1C[C@@H]1CNC(=O)OC(C)(C)C. The van der Waals surface area contributed by atoms with Crippen LogP contribution in [0.2, 0.25) is 0 Å². The minimum atomic E-state index is -0.411. The zero-order valence-corrected chi connectivity index (χ0v) is 9.17. The summed E-state index contributed by atoms with van der Waals surface area (Å²) in [6.07, 6.45) is 2.76. The summed E-state index contributed by atoms with van der Waals surface area (Å²) in [5.41, 5.74) is -0.411. The number of nitrogens with one attached hydrogen (secondary N) is 1. The Bertz CT molecular complexity index is 230. The third kappa shape index (κ3) is 3.81. The molecular weight excluding hydrogens is 178 g/mol. The molecule has 1 saturated carbocycles. The van der Waals surface area contributed by atoms with Gasteiger partial charge in [0.15, 0.2) is 0 Å². The molecule has 1 N–H and O–H groups in total. The van der Waals surface area contributed by atoms with Gasteiger partial charge in [-0.15, -0.1) is 6.58 Å². The summed E-state index contributed by atoms with van der Waals surface area (Å²) in [4.78, 5) is 11.2. The number of alkyl carbamates (subject to hydrolysis) is 1. The molecule has 14 heavy (non-hydrogen) atoms. The number of hydrogen-bond acceptors (Lipinski definition) is 2. The molecular formula is C11H19NO2. The van der Waals surface area contributed by atoms with E-state index < -0.39 is 5.60 Å². The predicted octanol–water partition coefficient (Wildman–Crippen LogP) is 2.33. The standard InChI is InChI=1S/C11H19NO2/c1-5-8-6-9(8)7-12-10(13)14-11(2,3)4/h5,8-9H,1,6-7H2,2-4H3,(H,12,13)/t8-,9-/m1/s1. The van der Waals surface area contributed by atoms with Crippen molar-refractivity contribution in [1.82, 2.24) is 5.32 Å². The van der Waals surface area contributed by atoms with Crippen LogP contribution in [0.15, 0.2) is 12.7 Å². The Kier molecular flexibility index (Phi) is 3.19. The van der Waals surface area contributed by atoms with E-state index in [1.165, 1.54) is 0 Å². The molecule has 80 valence electrons. The summed E-state index contributed by atoms with van der Waals surface area (Å²) < 4.78 is 5.11. The Labute approximate surface area is 85.5 Å². The molecule has 0 radical (unpaired) electrons. The Morgan fingerprint density at radius 1 is 1.64 bits per heavy atom. The zero-order chi connectivity index (χ0) is 10.8. The summed E-state index contributed by atoms with van der Waals surface area (Å²) in [7, 11) is 0. The molecule has 0 aromatic carbocycles. The molecule has 0 heterocycles. The number of carbonyl (C=O) groups excluding carboxylic acids is 1. The first-order valence-corrected chi connectivity index (χ1v) is 5.02. The highest BCUT2D eigenvalue weighted by atomic mass is 16.6. The summed E-state index contributed by atoms with van der Waals surface area (Å²) >= 11 is 0. The highest BCUT2D eigenvalue weighted by Gasteiger charge is 2.34. The molecule has 0 aromatic rings. The molecule has 1 amide bonds. The van der Waals surface area contributed by atoms with Crippen molar-refractivity contribution < 1.29 is 9.53 Å². The maximum Gasteiger partial charge on any atom is 0.407 e. The molecule has 2 atom stereocenters. The lowest BCUT2D eigenvalue weighted by atomic mass is 10.2. The van der Waals surface area contributed by atoms with Gasteiger partial charge in [0.25, 0.3) is 0 Å². The molecule has 0 aliphatic heterocycles. The second-order valence-corrected chi connectivity index (χ2v) is 4.78. The van der Waals surface area contributed by atoms with E-state index in [1.54, 1.807) is 0 Å². The van der Waals surface area contributed by atoms with Crippen LogP contribution >= 0.6 is 0 Å². The van der Waals surface area contributed by atoms with Crippen LogP contribution in [0.25, 0.3) is 0 Å². The van der Waals surface area contributed by atoms with Gasteiger partial charge in [0.2, 0.25) is 0 Å². The highest BCUT2D eigenvalue weighted by molar-refractivity contribution is 5.67. The van der Waals surface area contributed by atoms with Gasteiger partial charge in [-0.1, -0.05) is 6.08 Å². The van der Waals surface area contributed by atoms with Crippen LogP contribution in [0.1, 0.15) is 27.2 Å². The Morgan fingerprint density at radius 2 is 2.29 bits per heavy atom. The Morgan fingerprint density at radius 3 is 2.71 bits per heavy atom. The predicted molar refractivity (Wildman–Crippen MR) is 56.0 cm³/mol. The van der Waals surface area contributed by atoms with Crippen LogP contribution in [0.4, 0.5) is 4.79 Å². The topological polar surface area (TPSA) is 38.3 Å². The van der Waals surface area contributed by atoms with E-state index >= 15 is 0 Å². The Balaban J connectivity index is 2.13. The van der Waals surface area contributed by atoms with Crippen LogP contribution in [0.3, 0.4) is 0 Å². The normalized spacial score (nSPS) is 25.4. The van der Waals surface area contributed by atoms with Gasteiger partial charge in [-0.3, -0.25) is 0 Å². The fourth-order valence-corrected chi connectivity index (χ4v) is 1.32. The summed E-state index contributed by atoms with van der Waals surface area (Å²) in [5, 5.41) is 2.76. The largest absolute Gasteiger partial charge is 0.444 e. The van der Waals surface area contributed by atoms with Gasteiger partial charge < -0.3 is 10.1 Å². The van der Waals surface area contributed by atoms with Crippen LogP contribution in [0, 0.1) is 11.8 Å². The van der Waals surface area contributed by atoms with Gasteiger partial charge in [-0.05, 0) is 39.0 Å². The van der Waals surface area contributed by atoms with E-state index in [9.17, 15) is 4.79 Å². The van der Waals surface area contributed by atoms with Crippen LogP contribution in [0.5, 0.6) is 0 Å². The van der Waals surface area contributed by atoms with Gasteiger partial charge >= 0.3 is 6.09 Å². The number of carbonyl (C=O) groups is 1. The van der Waals surface area contributed by atoms with Crippen molar-refractivity contribution in [3.63, 3.8) is 0 Å². The maximum absolute atomic E-state index is 11.2. The molecule has 3 nitrogen and oxygen atoms in total. The van der Waals surface area contributed by atoms with Crippen LogP contribution < -0.4 is 5.32 Å². The second-order valence-electron chi connectivity index (χ2n) is 4.78. The van der Waals surface area contributed by atoms with Gasteiger partial charge in [0.1, 0.15) is 5.60 Å². The van der Waals surface area contributed by atoms with E-state index in [2.05, 4.69) is 11.9 Å². The van der Waals surface area contributed by atoms with E-state index in [-0.39, 0.29) is 6.09 Å². The third-order valence-corrected chi connectivity index (χ3v) is 2.19. The maximum atomic E-state index is 11.2. The highest BCUT2D eigenvalue weighted by Crippen LogP contribution is 2.38. The average molecular weight is 197 g/mol. The van der Waals surface area contributed by atoms with Crippen molar-refractivity contribution in [1.29, 1.82) is 0 Å². The van der Waals surface area contributed by atoms with Gasteiger partial charge in [0.05, 0.1) is 0 Å². The van der Waals surface area contributed by atoms with Crippen molar-refractivity contribution in [2.24, 2.45) is 11.8 Å². The van der Waals surface area contributed by atoms with E-state index in [1.807, 2.05) is 26.8 Å². The van der Waals surface area contributed by atoms with Crippen molar-refractivity contribution in [3.05, 3.63) is 12.7 Å². The molecule has 0 aromatic heterocycles. The number of rotatable bonds is 3. The van der Waals surface area contributed by atoms with Gasteiger partial charge in [0, 0.05) is 6.54 Å². The Hall–Kier alpha value is -0.990. The third-order valence-electron chi connectivity index (χ3n) is 2.19. The molecule has 1 aliphatic carbocycles. The van der Waals surface area contributed by atoms with E-state index in [0.29, 0.717) is 18.4 Å². The molecule has 1 fully saturated rings. The van der Waals surface area contributed by atoms with Crippen LogP contribution in [-0.2, 0) is 4.74 Å². The monoisotopic (exact) mass is 197 g/mol. The molecule has 1 rings (SSSR count). The van der Waals surface area contributed by atoms with Crippen molar-refractivity contribution in [2.45, 2.75) is 32.8 Å². The lowest BCUT2D eigenvalue weighted by Crippen LogP contribution is -2.33. The zero-order valence-electron chi connectivity index (χ0n) is 9.17. The first kappa shape index (κ1) is 11.1. The van der Waals surface area contributed by atoms with E-state index in [0.717, 1.165) is 6.42 Å². The second kappa shape index (κ2) is 4.03.